The van der Waals surface area contributed by atoms with Crippen molar-refractivity contribution in [1.82, 2.24) is 5.32 Å². The van der Waals surface area contributed by atoms with E-state index in [1.54, 1.807) is 0 Å². The van der Waals surface area contributed by atoms with Crippen molar-refractivity contribution in [1.29, 1.82) is 0 Å². The lowest BCUT2D eigenvalue weighted by Crippen LogP contribution is -2.34. The smallest absolute Gasteiger partial charge is 0.416 e. The zero-order valence-corrected chi connectivity index (χ0v) is 10.7. The normalized spacial score (nSPS) is 16.9. The number of piperidine rings is 1. The molecule has 0 radical (unpaired) electrons. The number of benzene rings is 1. The second-order valence-electron chi connectivity index (χ2n) is 4.64. The van der Waals surface area contributed by atoms with Gasteiger partial charge in [-0.25, -0.2) is 0 Å². The van der Waals surface area contributed by atoms with Crippen LogP contribution in [0, 0.1) is 0 Å². The molecule has 1 heterocycles. The Bertz CT molecular complexity index is 497. The number of hydrogen-bond acceptors (Lipinski definition) is 3. The highest BCUT2D eigenvalue weighted by atomic mass is 19.4. The predicted molar refractivity (Wildman–Crippen MR) is 66.5 cm³/mol. The molecular weight excluding hydrogens is 273 g/mol. The van der Waals surface area contributed by atoms with Crippen LogP contribution in [0.25, 0.3) is 0 Å². The molecule has 0 aliphatic carbocycles. The Hall–Kier alpha value is -1.76. The standard InChI is InChI=1S/C13H15F3N2O2/c14-13(15,16)8-1-2-11(10(7-8)12(17)19)20-9-3-5-18-6-4-9/h1-2,7,9,18H,3-6H2,(H2,17,19). The lowest BCUT2D eigenvalue weighted by Gasteiger charge is -2.25. The van der Waals surface area contributed by atoms with E-state index in [0.717, 1.165) is 44.1 Å². The molecule has 20 heavy (non-hydrogen) atoms. The molecule has 1 fully saturated rings. The number of hydrogen-bond donors (Lipinski definition) is 2. The number of primary amides is 1. The molecule has 0 saturated carbocycles. The summed E-state index contributed by atoms with van der Waals surface area (Å²) in [6, 6.07) is 2.78. The number of halogens is 3. The minimum absolute atomic E-state index is 0.109. The fourth-order valence-corrected chi connectivity index (χ4v) is 2.09. The van der Waals surface area contributed by atoms with E-state index in [0.29, 0.717) is 0 Å². The molecule has 1 aromatic carbocycles. The van der Waals surface area contributed by atoms with Gasteiger partial charge in [0.2, 0.25) is 0 Å². The molecule has 110 valence electrons. The van der Waals surface area contributed by atoms with Crippen molar-refractivity contribution in [2.24, 2.45) is 5.73 Å². The third kappa shape index (κ3) is 3.41. The monoisotopic (exact) mass is 288 g/mol. The SMILES string of the molecule is NC(=O)c1cc(C(F)(F)F)ccc1OC1CCNCC1. The second-order valence-corrected chi connectivity index (χ2v) is 4.64. The summed E-state index contributed by atoms with van der Waals surface area (Å²) in [5.74, 6) is -0.822. The number of carbonyl (C=O) groups is 1. The summed E-state index contributed by atoms with van der Waals surface area (Å²) in [7, 11) is 0. The number of nitrogens with one attached hydrogen (secondary N) is 1. The van der Waals surface area contributed by atoms with Gasteiger partial charge in [-0.1, -0.05) is 0 Å². The molecule has 1 aromatic rings. The van der Waals surface area contributed by atoms with Crippen molar-refractivity contribution in [3.8, 4) is 5.75 Å². The molecule has 0 spiro atoms. The number of carbonyl (C=O) groups excluding carboxylic acids is 1. The van der Waals surface area contributed by atoms with Crippen LogP contribution in [0.1, 0.15) is 28.8 Å². The molecule has 0 unspecified atom stereocenters. The van der Waals surface area contributed by atoms with Crippen LogP contribution in [0.4, 0.5) is 13.2 Å². The van der Waals surface area contributed by atoms with Gasteiger partial charge in [0.15, 0.2) is 0 Å². The maximum absolute atomic E-state index is 12.6. The van der Waals surface area contributed by atoms with Crippen LogP contribution >= 0.6 is 0 Å². The first-order valence-electron chi connectivity index (χ1n) is 6.26. The van der Waals surface area contributed by atoms with Gasteiger partial charge in [0.05, 0.1) is 11.1 Å². The van der Waals surface area contributed by atoms with E-state index in [4.69, 9.17) is 10.5 Å². The fourth-order valence-electron chi connectivity index (χ4n) is 2.09. The molecule has 0 bridgehead atoms. The molecule has 1 aliphatic rings. The molecule has 1 saturated heterocycles. The lowest BCUT2D eigenvalue weighted by molar-refractivity contribution is -0.137. The Morgan fingerprint density at radius 1 is 1.30 bits per heavy atom. The minimum atomic E-state index is -4.52. The first-order valence-corrected chi connectivity index (χ1v) is 6.26. The summed E-state index contributed by atoms with van der Waals surface area (Å²) in [5.41, 5.74) is 3.98. The van der Waals surface area contributed by atoms with Crippen LogP contribution in [0.3, 0.4) is 0 Å². The van der Waals surface area contributed by atoms with Crippen molar-refractivity contribution in [3.05, 3.63) is 29.3 Å². The van der Waals surface area contributed by atoms with E-state index in [1.807, 2.05) is 0 Å². The maximum atomic E-state index is 12.6. The van der Waals surface area contributed by atoms with Crippen LogP contribution in [-0.4, -0.2) is 25.1 Å². The van der Waals surface area contributed by atoms with Crippen LogP contribution in [-0.2, 0) is 6.18 Å². The first kappa shape index (κ1) is 14.6. The summed E-state index contributed by atoms with van der Waals surface area (Å²) in [5, 5.41) is 3.15. The largest absolute Gasteiger partial charge is 0.489 e. The second kappa shape index (κ2) is 5.70. The Morgan fingerprint density at radius 2 is 1.95 bits per heavy atom. The number of amides is 1. The van der Waals surface area contributed by atoms with Gasteiger partial charge in [-0.05, 0) is 44.1 Å². The molecule has 7 heteroatoms. The summed E-state index contributed by atoms with van der Waals surface area (Å²) in [6.07, 6.45) is -3.17. The third-order valence-electron chi connectivity index (χ3n) is 3.15. The van der Waals surface area contributed by atoms with Gasteiger partial charge in [-0.2, -0.15) is 13.2 Å². The molecule has 3 N–H and O–H groups in total. The van der Waals surface area contributed by atoms with E-state index in [1.165, 1.54) is 0 Å². The van der Waals surface area contributed by atoms with E-state index in [2.05, 4.69) is 5.32 Å². The quantitative estimate of drug-likeness (QED) is 0.893. The average molecular weight is 288 g/mol. The molecule has 0 atom stereocenters. The molecule has 1 aliphatic heterocycles. The topological polar surface area (TPSA) is 64.4 Å². The van der Waals surface area contributed by atoms with Gasteiger partial charge in [-0.15, -0.1) is 0 Å². The van der Waals surface area contributed by atoms with Crippen molar-refractivity contribution < 1.29 is 22.7 Å². The van der Waals surface area contributed by atoms with Gasteiger partial charge in [0, 0.05) is 0 Å². The van der Waals surface area contributed by atoms with Gasteiger partial charge < -0.3 is 15.8 Å². The van der Waals surface area contributed by atoms with E-state index in [9.17, 15) is 18.0 Å². The molecule has 1 amide bonds. The number of ether oxygens (including phenoxy) is 1. The van der Waals surface area contributed by atoms with Gasteiger partial charge in [0.1, 0.15) is 11.9 Å². The predicted octanol–water partition coefficient (Wildman–Crippen LogP) is 1.94. The van der Waals surface area contributed by atoms with Gasteiger partial charge >= 0.3 is 6.18 Å². The first-order chi connectivity index (χ1) is 9.38. The van der Waals surface area contributed by atoms with Crippen LogP contribution in [0.15, 0.2) is 18.2 Å². The van der Waals surface area contributed by atoms with Crippen LogP contribution in [0.5, 0.6) is 5.75 Å². The number of nitrogens with two attached hydrogens (primary N) is 1. The zero-order valence-electron chi connectivity index (χ0n) is 10.7. The van der Waals surface area contributed by atoms with Crippen LogP contribution in [0.2, 0.25) is 0 Å². The number of rotatable bonds is 3. The minimum Gasteiger partial charge on any atom is -0.489 e. The number of alkyl halides is 3. The van der Waals surface area contributed by atoms with E-state index in [-0.39, 0.29) is 17.4 Å². The van der Waals surface area contributed by atoms with Crippen molar-refractivity contribution >= 4 is 5.91 Å². The van der Waals surface area contributed by atoms with Crippen molar-refractivity contribution in [3.63, 3.8) is 0 Å². The maximum Gasteiger partial charge on any atom is 0.416 e. The third-order valence-corrected chi connectivity index (χ3v) is 3.15. The Kier molecular flexibility index (Phi) is 4.17. The molecular formula is C13H15F3N2O2. The van der Waals surface area contributed by atoms with Crippen molar-refractivity contribution in [2.45, 2.75) is 25.1 Å². The van der Waals surface area contributed by atoms with Crippen LogP contribution < -0.4 is 15.8 Å². The highest BCUT2D eigenvalue weighted by molar-refractivity contribution is 5.95. The zero-order chi connectivity index (χ0) is 14.8. The fraction of sp³-hybridized carbons (Fsp3) is 0.462. The molecule has 0 aromatic heterocycles. The summed E-state index contributed by atoms with van der Waals surface area (Å²) < 4.78 is 43.5. The average Bonchev–Trinajstić information content (AvgIpc) is 2.38. The van der Waals surface area contributed by atoms with Gasteiger partial charge in [-0.3, -0.25) is 4.79 Å². The summed E-state index contributed by atoms with van der Waals surface area (Å²) >= 11 is 0. The van der Waals surface area contributed by atoms with E-state index >= 15 is 0 Å². The van der Waals surface area contributed by atoms with E-state index < -0.39 is 17.6 Å². The Morgan fingerprint density at radius 3 is 2.50 bits per heavy atom. The lowest BCUT2D eigenvalue weighted by atomic mass is 10.1. The summed E-state index contributed by atoms with van der Waals surface area (Å²) in [6.45, 7) is 1.55. The molecule has 2 rings (SSSR count). The highest BCUT2D eigenvalue weighted by Gasteiger charge is 2.32. The van der Waals surface area contributed by atoms with Gasteiger partial charge in [0.25, 0.3) is 5.91 Å². The summed E-state index contributed by atoms with van der Waals surface area (Å²) in [4.78, 5) is 11.3. The Balaban J connectivity index is 2.25. The highest BCUT2D eigenvalue weighted by Crippen LogP contribution is 2.33. The molecule has 4 nitrogen and oxygen atoms in total. The van der Waals surface area contributed by atoms with Crippen molar-refractivity contribution in [2.75, 3.05) is 13.1 Å². The Labute approximate surface area is 114 Å².